The highest BCUT2D eigenvalue weighted by Gasteiger charge is 2.36. The summed E-state index contributed by atoms with van der Waals surface area (Å²) >= 11 is 1.44. The standard InChI is InChI=1S/C14H14F3N3O4S/c15-14(16,17)7-8(13(22)23)18-10(21)4-1-5-11-19-12(20-24-11)9-3-2-6-25-9/h2-3,6,8H,1,4-5,7H2,(H,18,21)(H,22,23). The zero-order chi connectivity index (χ0) is 18.4. The molecular weight excluding hydrogens is 363 g/mol. The predicted octanol–water partition coefficient (Wildman–Crippen LogP) is 2.64. The van der Waals surface area contributed by atoms with Crippen molar-refractivity contribution in [3.63, 3.8) is 0 Å². The van der Waals surface area contributed by atoms with Gasteiger partial charge in [0.1, 0.15) is 6.04 Å². The molecule has 2 aromatic rings. The molecule has 0 aromatic carbocycles. The fourth-order valence-electron chi connectivity index (χ4n) is 1.96. The Balaban J connectivity index is 1.79. The van der Waals surface area contributed by atoms with Crippen LogP contribution in [0.15, 0.2) is 22.0 Å². The molecule has 0 saturated heterocycles. The van der Waals surface area contributed by atoms with Gasteiger partial charge in [-0.15, -0.1) is 11.3 Å². The Kier molecular flexibility index (Phi) is 6.12. The molecule has 2 heterocycles. The molecule has 0 radical (unpaired) electrons. The lowest BCUT2D eigenvalue weighted by molar-refractivity contribution is -0.160. The molecule has 1 atom stereocenters. The zero-order valence-corrected chi connectivity index (χ0v) is 13.6. The third-order valence-corrected chi connectivity index (χ3v) is 3.94. The average Bonchev–Trinajstić information content (AvgIpc) is 3.15. The van der Waals surface area contributed by atoms with E-state index >= 15 is 0 Å². The van der Waals surface area contributed by atoms with Crippen LogP contribution in [-0.2, 0) is 16.0 Å². The summed E-state index contributed by atoms with van der Waals surface area (Å²) in [6.45, 7) is 0. The quantitative estimate of drug-likeness (QED) is 0.733. The van der Waals surface area contributed by atoms with Crippen LogP contribution in [0.5, 0.6) is 0 Å². The monoisotopic (exact) mass is 377 g/mol. The molecule has 0 saturated carbocycles. The lowest BCUT2D eigenvalue weighted by Crippen LogP contribution is -2.43. The van der Waals surface area contributed by atoms with Crippen molar-refractivity contribution in [3.8, 4) is 10.7 Å². The van der Waals surface area contributed by atoms with Gasteiger partial charge in [0.05, 0.1) is 11.3 Å². The van der Waals surface area contributed by atoms with Crippen molar-refractivity contribution in [2.45, 2.75) is 37.9 Å². The van der Waals surface area contributed by atoms with E-state index in [2.05, 4.69) is 10.1 Å². The Morgan fingerprint density at radius 2 is 2.16 bits per heavy atom. The molecule has 136 valence electrons. The van der Waals surface area contributed by atoms with Gasteiger partial charge >= 0.3 is 12.1 Å². The molecule has 0 aliphatic heterocycles. The average molecular weight is 377 g/mol. The molecule has 2 aromatic heterocycles. The molecule has 1 amide bonds. The second-order valence-electron chi connectivity index (χ2n) is 5.12. The highest BCUT2D eigenvalue weighted by molar-refractivity contribution is 7.13. The molecule has 2 N–H and O–H groups in total. The van der Waals surface area contributed by atoms with Gasteiger partial charge in [0, 0.05) is 12.8 Å². The van der Waals surface area contributed by atoms with Crippen LogP contribution in [0.3, 0.4) is 0 Å². The number of carboxylic acid groups (broad SMARTS) is 1. The van der Waals surface area contributed by atoms with Gasteiger partial charge in [0.2, 0.25) is 17.6 Å². The molecule has 0 spiro atoms. The lowest BCUT2D eigenvalue weighted by atomic mass is 10.1. The summed E-state index contributed by atoms with van der Waals surface area (Å²) in [6, 6.07) is 1.65. The number of carbonyl (C=O) groups excluding carboxylic acids is 1. The van der Waals surface area contributed by atoms with Crippen LogP contribution < -0.4 is 5.32 Å². The number of hydrogen-bond acceptors (Lipinski definition) is 6. The molecule has 0 fully saturated rings. The van der Waals surface area contributed by atoms with Crippen molar-refractivity contribution >= 4 is 23.2 Å². The van der Waals surface area contributed by atoms with E-state index in [0.717, 1.165) is 4.88 Å². The Morgan fingerprint density at radius 1 is 1.40 bits per heavy atom. The predicted molar refractivity (Wildman–Crippen MR) is 80.8 cm³/mol. The summed E-state index contributed by atoms with van der Waals surface area (Å²) < 4.78 is 41.8. The van der Waals surface area contributed by atoms with Gasteiger partial charge in [-0.05, 0) is 17.9 Å². The highest BCUT2D eigenvalue weighted by Crippen LogP contribution is 2.22. The van der Waals surface area contributed by atoms with Gasteiger partial charge in [-0.1, -0.05) is 11.2 Å². The van der Waals surface area contributed by atoms with Crippen LogP contribution in [0.25, 0.3) is 10.7 Å². The minimum atomic E-state index is -4.68. The van der Waals surface area contributed by atoms with Crippen LogP contribution in [0.2, 0.25) is 0 Å². The first-order chi connectivity index (χ1) is 11.7. The molecule has 7 nitrogen and oxygen atoms in total. The number of nitrogens with one attached hydrogen (secondary N) is 1. The topological polar surface area (TPSA) is 105 Å². The maximum Gasteiger partial charge on any atom is 0.391 e. The van der Waals surface area contributed by atoms with Crippen LogP contribution in [-0.4, -0.2) is 39.3 Å². The minimum Gasteiger partial charge on any atom is -0.480 e. The van der Waals surface area contributed by atoms with Crippen LogP contribution >= 0.6 is 11.3 Å². The Morgan fingerprint density at radius 3 is 2.76 bits per heavy atom. The number of aryl methyl sites for hydroxylation is 1. The number of thiophene rings is 1. The van der Waals surface area contributed by atoms with E-state index in [1.165, 1.54) is 11.3 Å². The smallest absolute Gasteiger partial charge is 0.391 e. The number of alkyl halides is 3. The molecule has 0 aliphatic rings. The van der Waals surface area contributed by atoms with Gasteiger partial charge in [-0.3, -0.25) is 4.79 Å². The first-order valence-electron chi connectivity index (χ1n) is 7.20. The van der Waals surface area contributed by atoms with E-state index in [1.807, 2.05) is 22.8 Å². The first-order valence-corrected chi connectivity index (χ1v) is 8.08. The van der Waals surface area contributed by atoms with Crippen LogP contribution in [0, 0.1) is 0 Å². The number of halogens is 3. The Hall–Kier alpha value is -2.43. The number of hydrogen-bond donors (Lipinski definition) is 2. The highest BCUT2D eigenvalue weighted by atomic mass is 32.1. The number of aliphatic carboxylic acids is 1. The van der Waals surface area contributed by atoms with Crippen LogP contribution in [0.1, 0.15) is 25.2 Å². The first kappa shape index (κ1) is 18.9. The third-order valence-electron chi connectivity index (χ3n) is 3.07. The van der Waals surface area contributed by atoms with E-state index in [0.29, 0.717) is 11.7 Å². The molecule has 11 heteroatoms. The fraction of sp³-hybridized carbons (Fsp3) is 0.429. The van der Waals surface area contributed by atoms with E-state index in [4.69, 9.17) is 9.63 Å². The van der Waals surface area contributed by atoms with E-state index in [1.54, 1.807) is 0 Å². The lowest BCUT2D eigenvalue weighted by Gasteiger charge is -2.16. The molecule has 2 rings (SSSR count). The van der Waals surface area contributed by atoms with Crippen molar-refractivity contribution in [3.05, 3.63) is 23.4 Å². The summed E-state index contributed by atoms with van der Waals surface area (Å²) in [5.41, 5.74) is 0. The molecule has 1 unspecified atom stereocenters. The van der Waals surface area contributed by atoms with Crippen molar-refractivity contribution in [1.29, 1.82) is 0 Å². The second kappa shape index (κ2) is 8.10. The second-order valence-corrected chi connectivity index (χ2v) is 6.07. The van der Waals surface area contributed by atoms with Gasteiger partial charge in [-0.25, -0.2) is 4.79 Å². The Labute approximate surface area is 143 Å². The van der Waals surface area contributed by atoms with Crippen molar-refractivity contribution < 1.29 is 32.4 Å². The van der Waals surface area contributed by atoms with Crippen molar-refractivity contribution in [1.82, 2.24) is 15.5 Å². The summed E-state index contributed by atoms with van der Waals surface area (Å²) in [4.78, 5) is 27.4. The fourth-order valence-corrected chi connectivity index (χ4v) is 2.61. The molecule has 25 heavy (non-hydrogen) atoms. The van der Waals surface area contributed by atoms with Crippen molar-refractivity contribution in [2.24, 2.45) is 0 Å². The number of amides is 1. The molecule has 0 aliphatic carbocycles. The van der Waals surface area contributed by atoms with Crippen LogP contribution in [0.4, 0.5) is 13.2 Å². The maximum atomic E-state index is 12.3. The third kappa shape index (κ3) is 6.18. The number of carbonyl (C=O) groups is 2. The van der Waals surface area contributed by atoms with Crippen molar-refractivity contribution in [2.75, 3.05) is 0 Å². The number of rotatable bonds is 8. The number of nitrogens with zero attached hydrogens (tertiary/aromatic N) is 2. The van der Waals surface area contributed by atoms with Gasteiger partial charge in [0.15, 0.2) is 0 Å². The Bertz CT molecular complexity index is 715. The van der Waals surface area contributed by atoms with E-state index in [-0.39, 0.29) is 19.3 Å². The molecule has 0 bridgehead atoms. The van der Waals surface area contributed by atoms with Gasteiger partial charge < -0.3 is 14.9 Å². The van der Waals surface area contributed by atoms with Gasteiger partial charge in [-0.2, -0.15) is 18.2 Å². The summed E-state index contributed by atoms with van der Waals surface area (Å²) in [5.74, 6) is -1.80. The summed E-state index contributed by atoms with van der Waals surface area (Å²) in [7, 11) is 0. The summed E-state index contributed by atoms with van der Waals surface area (Å²) in [5, 5.41) is 16.2. The number of aromatic nitrogens is 2. The van der Waals surface area contributed by atoms with Gasteiger partial charge in [0.25, 0.3) is 0 Å². The normalized spacial score (nSPS) is 12.8. The maximum absolute atomic E-state index is 12.3. The molecular formula is C14H14F3N3O4S. The minimum absolute atomic E-state index is 0.154. The van der Waals surface area contributed by atoms with E-state index in [9.17, 15) is 22.8 Å². The number of carboxylic acids is 1. The zero-order valence-electron chi connectivity index (χ0n) is 12.7. The van der Waals surface area contributed by atoms with E-state index < -0.39 is 30.5 Å². The largest absolute Gasteiger partial charge is 0.480 e. The SMILES string of the molecule is O=C(CCCc1nc(-c2cccs2)no1)NC(CC(F)(F)F)C(=O)O. The summed E-state index contributed by atoms with van der Waals surface area (Å²) in [6.07, 6.45) is -5.97.